The summed E-state index contributed by atoms with van der Waals surface area (Å²) >= 11 is 0. The summed E-state index contributed by atoms with van der Waals surface area (Å²) in [5.74, 6) is -1.95. The zero-order chi connectivity index (χ0) is 21.6. The minimum Gasteiger partial charge on any atom is -0.490 e. The van der Waals surface area contributed by atoms with Crippen LogP contribution in [0.25, 0.3) is 0 Å². The molecule has 10 heteroatoms. The zero-order valence-corrected chi connectivity index (χ0v) is 15.9. The van der Waals surface area contributed by atoms with Crippen LogP contribution in [0, 0.1) is 17.0 Å². The summed E-state index contributed by atoms with van der Waals surface area (Å²) in [6.45, 7) is 1.01. The van der Waals surface area contributed by atoms with E-state index in [4.69, 9.17) is 9.47 Å². The second kappa shape index (κ2) is 9.31. The van der Waals surface area contributed by atoms with E-state index in [1.807, 2.05) is 0 Å². The highest BCUT2D eigenvalue weighted by Crippen LogP contribution is 2.32. The van der Waals surface area contributed by atoms with Crippen molar-refractivity contribution in [1.29, 1.82) is 0 Å². The standard InChI is InChI=1S/C19H18N2O8/c1-11-8-15(21(25)26)16(27-2)9-14(11)20-17(22)10-29-19(24)13-6-4-12(5-7-13)18(23)28-3/h4-9H,10H2,1-3H3,(H,20,22). The van der Waals surface area contributed by atoms with Gasteiger partial charge >= 0.3 is 17.6 Å². The Morgan fingerprint density at radius 3 is 2.14 bits per heavy atom. The number of hydrogen-bond acceptors (Lipinski definition) is 8. The maximum absolute atomic E-state index is 12.1. The predicted octanol–water partition coefficient (Wildman–Crippen LogP) is 2.49. The van der Waals surface area contributed by atoms with Crippen LogP contribution in [0.2, 0.25) is 0 Å². The number of carbonyl (C=O) groups excluding carboxylic acids is 3. The summed E-state index contributed by atoms with van der Waals surface area (Å²) in [7, 11) is 2.52. The lowest BCUT2D eigenvalue weighted by molar-refractivity contribution is -0.385. The Morgan fingerprint density at radius 2 is 1.62 bits per heavy atom. The molecule has 0 aliphatic carbocycles. The van der Waals surface area contributed by atoms with Crippen molar-refractivity contribution in [2.75, 3.05) is 26.1 Å². The maximum atomic E-state index is 12.1. The fraction of sp³-hybridized carbons (Fsp3) is 0.211. The van der Waals surface area contributed by atoms with Gasteiger partial charge in [0.15, 0.2) is 12.4 Å². The number of nitro groups is 1. The van der Waals surface area contributed by atoms with Gasteiger partial charge in [-0.05, 0) is 36.8 Å². The molecule has 0 radical (unpaired) electrons. The number of methoxy groups -OCH3 is 2. The van der Waals surface area contributed by atoms with Crippen LogP contribution < -0.4 is 10.1 Å². The molecule has 2 aromatic rings. The zero-order valence-electron chi connectivity index (χ0n) is 15.9. The summed E-state index contributed by atoms with van der Waals surface area (Å²) in [5, 5.41) is 13.5. The normalized spacial score (nSPS) is 10.0. The average molecular weight is 402 g/mol. The smallest absolute Gasteiger partial charge is 0.338 e. The molecule has 0 heterocycles. The Morgan fingerprint density at radius 1 is 1.03 bits per heavy atom. The number of nitro benzene ring substituents is 1. The van der Waals surface area contributed by atoms with Crippen LogP contribution in [-0.2, 0) is 14.3 Å². The summed E-state index contributed by atoms with van der Waals surface area (Å²) in [4.78, 5) is 45.9. The third-order valence-electron chi connectivity index (χ3n) is 3.87. The molecule has 29 heavy (non-hydrogen) atoms. The van der Waals surface area contributed by atoms with E-state index in [1.165, 1.54) is 50.6 Å². The Labute approximate surface area is 165 Å². The van der Waals surface area contributed by atoms with Crippen LogP contribution in [0.15, 0.2) is 36.4 Å². The van der Waals surface area contributed by atoms with Crippen LogP contribution in [0.5, 0.6) is 5.75 Å². The molecule has 0 saturated heterocycles. The summed E-state index contributed by atoms with van der Waals surface area (Å²) in [6.07, 6.45) is 0. The van der Waals surface area contributed by atoms with Gasteiger partial charge in [0.25, 0.3) is 5.91 Å². The third kappa shape index (κ3) is 5.28. The first-order valence-corrected chi connectivity index (χ1v) is 8.25. The van der Waals surface area contributed by atoms with Gasteiger partial charge in [0.1, 0.15) is 0 Å². The first-order chi connectivity index (χ1) is 13.8. The summed E-state index contributed by atoms with van der Waals surface area (Å²) < 4.78 is 14.5. The van der Waals surface area contributed by atoms with Crippen LogP contribution in [0.4, 0.5) is 11.4 Å². The number of ether oxygens (including phenoxy) is 3. The van der Waals surface area contributed by atoms with Gasteiger partial charge in [-0.2, -0.15) is 0 Å². The largest absolute Gasteiger partial charge is 0.490 e. The molecular formula is C19H18N2O8. The van der Waals surface area contributed by atoms with Crippen molar-refractivity contribution in [3.8, 4) is 5.75 Å². The van der Waals surface area contributed by atoms with Gasteiger partial charge in [-0.3, -0.25) is 14.9 Å². The van der Waals surface area contributed by atoms with Crippen molar-refractivity contribution in [3.63, 3.8) is 0 Å². The molecule has 0 atom stereocenters. The number of aryl methyl sites for hydroxylation is 1. The highest BCUT2D eigenvalue weighted by atomic mass is 16.6. The molecular weight excluding hydrogens is 384 g/mol. The number of nitrogens with one attached hydrogen (secondary N) is 1. The van der Waals surface area contributed by atoms with E-state index in [2.05, 4.69) is 10.1 Å². The number of nitrogens with zero attached hydrogens (tertiary/aromatic N) is 1. The number of hydrogen-bond donors (Lipinski definition) is 1. The quantitative estimate of drug-likeness (QED) is 0.424. The van der Waals surface area contributed by atoms with Gasteiger partial charge in [-0.1, -0.05) is 0 Å². The molecule has 0 fully saturated rings. The second-order valence-electron chi connectivity index (χ2n) is 5.79. The van der Waals surface area contributed by atoms with Gasteiger partial charge in [0, 0.05) is 17.8 Å². The lowest BCUT2D eigenvalue weighted by Gasteiger charge is -2.11. The molecule has 2 rings (SSSR count). The summed E-state index contributed by atoms with van der Waals surface area (Å²) in [6, 6.07) is 8.13. The summed E-state index contributed by atoms with van der Waals surface area (Å²) in [5.41, 5.74) is 0.916. The topological polar surface area (TPSA) is 134 Å². The molecule has 2 aromatic carbocycles. The van der Waals surface area contributed by atoms with E-state index in [1.54, 1.807) is 6.92 Å². The van der Waals surface area contributed by atoms with Crippen LogP contribution in [-0.4, -0.2) is 43.6 Å². The highest BCUT2D eigenvalue weighted by Gasteiger charge is 2.19. The van der Waals surface area contributed by atoms with E-state index in [9.17, 15) is 24.5 Å². The molecule has 0 aliphatic heterocycles. The van der Waals surface area contributed by atoms with E-state index < -0.39 is 29.4 Å². The number of amides is 1. The second-order valence-corrected chi connectivity index (χ2v) is 5.79. The number of esters is 2. The first kappa shape index (κ1) is 21.4. The van der Waals surface area contributed by atoms with E-state index >= 15 is 0 Å². The van der Waals surface area contributed by atoms with Crippen LogP contribution >= 0.6 is 0 Å². The molecule has 152 valence electrons. The number of anilines is 1. The van der Waals surface area contributed by atoms with E-state index in [-0.39, 0.29) is 28.3 Å². The third-order valence-corrected chi connectivity index (χ3v) is 3.87. The maximum Gasteiger partial charge on any atom is 0.338 e. The van der Waals surface area contributed by atoms with Crippen molar-refractivity contribution in [2.45, 2.75) is 6.92 Å². The number of benzene rings is 2. The van der Waals surface area contributed by atoms with Gasteiger partial charge < -0.3 is 19.5 Å². The Kier molecular flexibility index (Phi) is 6.85. The molecule has 1 N–H and O–H groups in total. The van der Waals surface area contributed by atoms with Crippen molar-refractivity contribution in [2.24, 2.45) is 0 Å². The SMILES string of the molecule is COC(=O)c1ccc(C(=O)OCC(=O)Nc2cc(OC)c([N+](=O)[O-])cc2C)cc1. The van der Waals surface area contributed by atoms with E-state index in [0.29, 0.717) is 5.56 Å². The highest BCUT2D eigenvalue weighted by molar-refractivity contribution is 5.97. The lowest BCUT2D eigenvalue weighted by atomic mass is 10.1. The van der Waals surface area contributed by atoms with Crippen molar-refractivity contribution < 1.29 is 33.5 Å². The molecule has 10 nitrogen and oxygen atoms in total. The molecule has 0 spiro atoms. The lowest BCUT2D eigenvalue weighted by Crippen LogP contribution is -2.21. The monoisotopic (exact) mass is 402 g/mol. The molecule has 0 unspecified atom stereocenters. The molecule has 0 bridgehead atoms. The first-order valence-electron chi connectivity index (χ1n) is 8.25. The van der Waals surface area contributed by atoms with Gasteiger partial charge in [0.2, 0.25) is 0 Å². The van der Waals surface area contributed by atoms with Crippen LogP contribution in [0.3, 0.4) is 0 Å². The fourth-order valence-corrected chi connectivity index (χ4v) is 2.37. The molecule has 0 saturated carbocycles. The average Bonchev–Trinajstić information content (AvgIpc) is 2.72. The molecule has 0 aliphatic rings. The minimum absolute atomic E-state index is 0.0152. The Bertz CT molecular complexity index is 953. The van der Waals surface area contributed by atoms with E-state index in [0.717, 1.165) is 0 Å². The fourth-order valence-electron chi connectivity index (χ4n) is 2.37. The molecule has 1 amide bonds. The number of rotatable bonds is 7. The van der Waals surface area contributed by atoms with Gasteiger partial charge in [-0.15, -0.1) is 0 Å². The number of carbonyl (C=O) groups is 3. The Balaban J connectivity index is 2.00. The predicted molar refractivity (Wildman–Crippen MR) is 101 cm³/mol. The molecule has 0 aromatic heterocycles. The van der Waals surface area contributed by atoms with Crippen molar-refractivity contribution in [1.82, 2.24) is 0 Å². The van der Waals surface area contributed by atoms with Gasteiger partial charge in [-0.25, -0.2) is 9.59 Å². The van der Waals surface area contributed by atoms with Crippen LogP contribution in [0.1, 0.15) is 26.3 Å². The Hall–Kier alpha value is -3.95. The van der Waals surface area contributed by atoms with Crippen molar-refractivity contribution >= 4 is 29.2 Å². The van der Waals surface area contributed by atoms with Crippen molar-refractivity contribution in [3.05, 3.63) is 63.2 Å². The van der Waals surface area contributed by atoms with Gasteiger partial charge in [0.05, 0.1) is 30.3 Å². The minimum atomic E-state index is -0.755.